The second kappa shape index (κ2) is 6.57. The van der Waals surface area contributed by atoms with Crippen molar-refractivity contribution in [1.82, 2.24) is 0 Å². The molecule has 0 spiro atoms. The van der Waals surface area contributed by atoms with Crippen LogP contribution in [0.15, 0.2) is 24.3 Å². The summed E-state index contributed by atoms with van der Waals surface area (Å²) >= 11 is 0. The van der Waals surface area contributed by atoms with Crippen LogP contribution in [0.4, 0.5) is 0 Å². The molecular formula is C15H22N2O2. The average Bonchev–Trinajstić information content (AvgIpc) is 2.64. The topological polar surface area (TPSA) is 78.3 Å². The van der Waals surface area contributed by atoms with Crippen LogP contribution in [-0.4, -0.2) is 18.6 Å². The second-order valence-electron chi connectivity index (χ2n) is 5.18. The lowest BCUT2D eigenvalue weighted by Gasteiger charge is -2.25. The lowest BCUT2D eigenvalue weighted by Crippen LogP contribution is -2.31. The lowest BCUT2D eigenvalue weighted by atomic mass is 9.97. The number of carbonyl (C=O) groups is 1. The Morgan fingerprint density at radius 3 is 2.47 bits per heavy atom. The first-order chi connectivity index (χ1) is 9.20. The molecule has 2 rings (SSSR count). The zero-order valence-electron chi connectivity index (χ0n) is 11.2. The van der Waals surface area contributed by atoms with Crippen LogP contribution in [0, 0.1) is 5.92 Å². The Hall–Kier alpha value is -1.55. The van der Waals surface area contributed by atoms with E-state index in [1.54, 1.807) is 24.3 Å². The Labute approximate surface area is 114 Å². The largest absolute Gasteiger partial charge is 0.490 e. The Morgan fingerprint density at radius 2 is 1.84 bits per heavy atom. The van der Waals surface area contributed by atoms with Gasteiger partial charge in [-0.25, -0.2) is 0 Å². The summed E-state index contributed by atoms with van der Waals surface area (Å²) in [7, 11) is 0. The molecule has 4 N–H and O–H groups in total. The summed E-state index contributed by atoms with van der Waals surface area (Å²) in [5.41, 5.74) is 11.6. The molecule has 1 fully saturated rings. The van der Waals surface area contributed by atoms with Gasteiger partial charge in [-0.05, 0) is 50.1 Å². The molecule has 1 aliphatic rings. The van der Waals surface area contributed by atoms with Crippen molar-refractivity contribution in [3.63, 3.8) is 0 Å². The zero-order valence-corrected chi connectivity index (χ0v) is 11.2. The van der Waals surface area contributed by atoms with Crippen LogP contribution >= 0.6 is 0 Å². The Kier molecular flexibility index (Phi) is 4.80. The normalized spacial score (nSPS) is 23.6. The van der Waals surface area contributed by atoms with E-state index in [0.29, 0.717) is 18.0 Å². The third-order valence-electron chi connectivity index (χ3n) is 3.82. The minimum atomic E-state index is -0.416. The van der Waals surface area contributed by atoms with Gasteiger partial charge in [0.25, 0.3) is 0 Å². The van der Waals surface area contributed by atoms with E-state index in [0.717, 1.165) is 18.6 Å². The molecule has 104 valence electrons. The summed E-state index contributed by atoms with van der Waals surface area (Å²) in [6, 6.07) is 7.01. The predicted octanol–water partition coefficient (Wildman–Crippen LogP) is 2.07. The van der Waals surface area contributed by atoms with Crippen molar-refractivity contribution in [1.29, 1.82) is 0 Å². The highest BCUT2D eigenvalue weighted by Crippen LogP contribution is 2.27. The van der Waals surface area contributed by atoms with Gasteiger partial charge in [0.15, 0.2) is 0 Å². The van der Waals surface area contributed by atoms with Gasteiger partial charge >= 0.3 is 0 Å². The van der Waals surface area contributed by atoms with Crippen LogP contribution in [0.5, 0.6) is 5.75 Å². The highest BCUT2D eigenvalue weighted by atomic mass is 16.5. The van der Waals surface area contributed by atoms with Crippen molar-refractivity contribution in [2.75, 3.05) is 6.54 Å². The van der Waals surface area contributed by atoms with Gasteiger partial charge in [0, 0.05) is 11.5 Å². The van der Waals surface area contributed by atoms with Crippen molar-refractivity contribution in [3.05, 3.63) is 29.8 Å². The first-order valence-corrected chi connectivity index (χ1v) is 6.97. The summed E-state index contributed by atoms with van der Waals surface area (Å²) in [5.74, 6) is 0.800. The van der Waals surface area contributed by atoms with Gasteiger partial charge in [-0.2, -0.15) is 0 Å². The minimum Gasteiger partial charge on any atom is -0.490 e. The molecule has 19 heavy (non-hydrogen) atoms. The third-order valence-corrected chi connectivity index (χ3v) is 3.82. The standard InChI is InChI=1S/C15H22N2O2/c16-10-12-4-2-1-3-5-14(12)19-13-8-6-11(7-9-13)15(17)18/h6-9,12,14H,1-5,10,16H2,(H2,17,18). The predicted molar refractivity (Wildman–Crippen MR) is 75.0 cm³/mol. The van der Waals surface area contributed by atoms with Gasteiger partial charge in [0.05, 0.1) is 0 Å². The minimum absolute atomic E-state index is 0.187. The quantitative estimate of drug-likeness (QED) is 0.815. The average molecular weight is 262 g/mol. The zero-order chi connectivity index (χ0) is 13.7. The summed E-state index contributed by atoms with van der Waals surface area (Å²) in [6.07, 6.45) is 6.08. The van der Waals surface area contributed by atoms with Crippen molar-refractivity contribution >= 4 is 5.91 Å². The fourth-order valence-electron chi connectivity index (χ4n) is 2.65. The van der Waals surface area contributed by atoms with Crippen LogP contribution < -0.4 is 16.2 Å². The molecule has 0 saturated heterocycles. The molecule has 4 heteroatoms. The number of nitrogens with two attached hydrogens (primary N) is 2. The van der Waals surface area contributed by atoms with Crippen LogP contribution in [-0.2, 0) is 0 Å². The highest BCUT2D eigenvalue weighted by molar-refractivity contribution is 5.92. The number of primary amides is 1. The number of amides is 1. The number of carbonyl (C=O) groups excluding carboxylic acids is 1. The van der Waals surface area contributed by atoms with Crippen molar-refractivity contribution < 1.29 is 9.53 Å². The smallest absolute Gasteiger partial charge is 0.248 e. The van der Waals surface area contributed by atoms with E-state index in [1.165, 1.54) is 19.3 Å². The van der Waals surface area contributed by atoms with Gasteiger partial charge in [-0.15, -0.1) is 0 Å². The maximum atomic E-state index is 11.0. The molecule has 2 unspecified atom stereocenters. The fraction of sp³-hybridized carbons (Fsp3) is 0.533. The van der Waals surface area contributed by atoms with Gasteiger partial charge < -0.3 is 16.2 Å². The van der Waals surface area contributed by atoms with Crippen LogP contribution in [0.3, 0.4) is 0 Å². The Bertz CT molecular complexity index is 417. The molecule has 1 amide bonds. The maximum absolute atomic E-state index is 11.0. The van der Waals surface area contributed by atoms with Crippen molar-refractivity contribution in [2.45, 2.75) is 38.2 Å². The van der Waals surface area contributed by atoms with Crippen LogP contribution in [0.1, 0.15) is 42.5 Å². The van der Waals surface area contributed by atoms with E-state index in [1.807, 2.05) is 0 Å². The third kappa shape index (κ3) is 3.70. The first-order valence-electron chi connectivity index (χ1n) is 6.97. The van der Waals surface area contributed by atoms with Gasteiger partial charge in [-0.3, -0.25) is 4.79 Å². The van der Waals surface area contributed by atoms with Crippen LogP contribution in [0.2, 0.25) is 0 Å². The molecule has 1 aromatic carbocycles. The number of ether oxygens (including phenoxy) is 1. The molecule has 2 atom stereocenters. The van der Waals surface area contributed by atoms with E-state index in [4.69, 9.17) is 16.2 Å². The van der Waals surface area contributed by atoms with Crippen molar-refractivity contribution in [3.8, 4) is 5.75 Å². The number of benzene rings is 1. The van der Waals surface area contributed by atoms with E-state index in [-0.39, 0.29) is 6.10 Å². The highest BCUT2D eigenvalue weighted by Gasteiger charge is 2.24. The van der Waals surface area contributed by atoms with E-state index in [9.17, 15) is 4.79 Å². The monoisotopic (exact) mass is 262 g/mol. The Morgan fingerprint density at radius 1 is 1.16 bits per heavy atom. The summed E-state index contributed by atoms with van der Waals surface area (Å²) in [4.78, 5) is 11.0. The molecule has 0 heterocycles. The second-order valence-corrected chi connectivity index (χ2v) is 5.18. The lowest BCUT2D eigenvalue weighted by molar-refractivity contribution is 0.1000. The summed E-state index contributed by atoms with van der Waals surface area (Å²) < 4.78 is 6.04. The molecule has 0 radical (unpaired) electrons. The molecule has 4 nitrogen and oxygen atoms in total. The number of rotatable bonds is 4. The van der Waals surface area contributed by atoms with E-state index in [2.05, 4.69) is 0 Å². The van der Waals surface area contributed by atoms with Gasteiger partial charge in [-0.1, -0.05) is 12.8 Å². The Balaban J connectivity index is 2.03. The molecule has 1 aromatic rings. The van der Waals surface area contributed by atoms with Crippen molar-refractivity contribution in [2.24, 2.45) is 17.4 Å². The number of hydrogen-bond acceptors (Lipinski definition) is 3. The van der Waals surface area contributed by atoms with Crippen LogP contribution in [0.25, 0.3) is 0 Å². The van der Waals surface area contributed by atoms with Gasteiger partial charge in [0.1, 0.15) is 11.9 Å². The van der Waals surface area contributed by atoms with Gasteiger partial charge in [0.2, 0.25) is 5.91 Å². The molecule has 1 aliphatic carbocycles. The molecule has 1 saturated carbocycles. The maximum Gasteiger partial charge on any atom is 0.248 e. The first kappa shape index (κ1) is 13.9. The summed E-state index contributed by atoms with van der Waals surface area (Å²) in [5, 5.41) is 0. The SMILES string of the molecule is NCC1CCCCCC1Oc1ccc(C(N)=O)cc1. The fourth-order valence-corrected chi connectivity index (χ4v) is 2.65. The number of hydrogen-bond donors (Lipinski definition) is 2. The molecule has 0 aromatic heterocycles. The summed E-state index contributed by atoms with van der Waals surface area (Å²) in [6.45, 7) is 0.671. The van der Waals surface area contributed by atoms with E-state index >= 15 is 0 Å². The molecule has 0 aliphatic heterocycles. The molecule has 0 bridgehead atoms. The molecular weight excluding hydrogens is 240 g/mol. The van der Waals surface area contributed by atoms with E-state index < -0.39 is 5.91 Å².